The maximum atomic E-state index is 17.3. The van der Waals surface area contributed by atoms with E-state index in [-0.39, 0.29) is 6.71 Å². The van der Waals surface area contributed by atoms with E-state index in [1.54, 1.807) is 0 Å². The summed E-state index contributed by atoms with van der Waals surface area (Å²) in [5.41, 5.74) is 19.2. The Morgan fingerprint density at radius 3 is 1.48 bits per heavy atom. The third-order valence-electron chi connectivity index (χ3n) is 17.4. The van der Waals surface area contributed by atoms with E-state index < -0.39 is 7.14 Å². The molecule has 13 aromatic carbocycles. The average molecular weight is 1120 g/mol. The van der Waals surface area contributed by atoms with Gasteiger partial charge in [-0.1, -0.05) is 212 Å². The molecule has 0 aromatic heterocycles. The van der Waals surface area contributed by atoms with Crippen LogP contribution in [-0.4, -0.2) is 6.71 Å². The molecule has 1 atom stereocenters. The molecule has 0 N–H and O–H groups in total. The zero-order chi connectivity index (χ0) is 56.9. The van der Waals surface area contributed by atoms with Crippen LogP contribution < -0.4 is 56.3 Å². The number of benzene rings is 13. The predicted molar refractivity (Wildman–Crippen MR) is 354 cm³/mol. The Balaban J connectivity index is 0.782. The number of nitrogens with zero attached hydrogens (tertiary/aromatic N) is 2. The molecule has 0 saturated carbocycles. The number of rotatable bonds is 9. The van der Waals surface area contributed by atoms with Gasteiger partial charge in [-0.15, -0.1) is 0 Å². The summed E-state index contributed by atoms with van der Waals surface area (Å²) in [5, 5.41) is 1.86. The molecule has 0 saturated heterocycles. The largest absolute Gasteiger partial charge is 0.458 e. The first-order chi connectivity index (χ1) is 42.5. The lowest BCUT2D eigenvalue weighted by Gasteiger charge is -2.40. The molecule has 1 unspecified atom stereocenters. The fourth-order valence-electron chi connectivity index (χ4n) is 13.5. The van der Waals surface area contributed by atoms with Crippen LogP contribution in [0.2, 0.25) is 0 Å². The highest BCUT2D eigenvalue weighted by Gasteiger charge is 2.50. The summed E-state index contributed by atoms with van der Waals surface area (Å²) in [7, 11) is -3.76. The van der Waals surface area contributed by atoms with E-state index in [1.165, 1.54) is 10.9 Å². The minimum absolute atomic E-state index is 0.0163. The molecular weight excluding hydrogens is 1070 g/mol. The van der Waals surface area contributed by atoms with E-state index in [2.05, 4.69) is 234 Å². The molecule has 0 radical (unpaired) electrons. The van der Waals surface area contributed by atoms with Gasteiger partial charge in [-0.25, -0.2) is 0 Å². The van der Waals surface area contributed by atoms with Crippen molar-refractivity contribution in [3.63, 3.8) is 0 Å². The Morgan fingerprint density at radius 2 is 0.826 bits per heavy atom. The molecule has 17 rings (SSSR count). The number of para-hydroxylation sites is 5. The highest BCUT2D eigenvalue weighted by atomic mass is 31.2. The summed E-state index contributed by atoms with van der Waals surface area (Å²) in [6.45, 7) is -0.0163. The lowest BCUT2D eigenvalue weighted by molar-refractivity contribution is 0.465. The smallest absolute Gasteiger partial charge is 0.256 e. The van der Waals surface area contributed by atoms with Crippen LogP contribution in [0, 0.1) is 0 Å². The van der Waals surface area contributed by atoms with Crippen molar-refractivity contribution >= 4 is 80.3 Å². The van der Waals surface area contributed by atoms with Gasteiger partial charge in [0.05, 0.1) is 10.6 Å². The number of ether oxygens (including phenoxy) is 3. The second kappa shape index (κ2) is 19.9. The van der Waals surface area contributed by atoms with E-state index in [1.807, 2.05) is 78.9 Å². The van der Waals surface area contributed by atoms with Crippen molar-refractivity contribution in [3.8, 4) is 90.1 Å². The molecule has 86 heavy (non-hydrogen) atoms. The molecular formula is C78H50BN2O4P. The lowest BCUT2D eigenvalue weighted by Crippen LogP contribution is -2.59. The molecule has 4 aliphatic heterocycles. The third kappa shape index (κ3) is 7.79. The highest BCUT2D eigenvalue weighted by Crippen LogP contribution is 2.64. The fraction of sp³-hybridized carbons (Fsp3) is 0. The van der Waals surface area contributed by atoms with Crippen LogP contribution in [0.25, 0.3) is 55.6 Å². The third-order valence-corrected chi connectivity index (χ3v) is 20.5. The summed E-state index contributed by atoms with van der Waals surface area (Å²) in [6, 6.07) is 105. The average Bonchev–Trinajstić information content (AvgIpc) is 0.990. The summed E-state index contributed by atoms with van der Waals surface area (Å²) in [5.74, 6) is 3.94. The molecule has 0 fully saturated rings. The first-order valence-electron chi connectivity index (χ1n) is 29.1. The molecule has 4 heterocycles. The second-order valence-corrected chi connectivity index (χ2v) is 24.8. The van der Waals surface area contributed by atoms with Gasteiger partial charge >= 0.3 is 0 Å². The van der Waals surface area contributed by atoms with Crippen LogP contribution in [0.5, 0.6) is 34.5 Å². The van der Waals surface area contributed by atoms with E-state index in [4.69, 9.17) is 14.2 Å². The zero-order valence-corrected chi connectivity index (χ0v) is 47.3. The first-order valence-corrected chi connectivity index (χ1v) is 30.8. The van der Waals surface area contributed by atoms with Crippen molar-refractivity contribution in [2.24, 2.45) is 0 Å². The minimum Gasteiger partial charge on any atom is -0.458 e. The quantitative estimate of drug-likeness (QED) is 0.106. The topological polar surface area (TPSA) is 51.2 Å². The molecule has 4 aliphatic rings. The van der Waals surface area contributed by atoms with Crippen LogP contribution in [-0.2, 0) is 4.57 Å². The number of anilines is 6. The first kappa shape index (κ1) is 49.7. The number of fused-ring (bicyclic) bond motifs is 8. The minimum atomic E-state index is -3.76. The summed E-state index contributed by atoms with van der Waals surface area (Å²) in [4.78, 5) is 4.66. The van der Waals surface area contributed by atoms with Gasteiger partial charge < -0.3 is 28.6 Å². The molecule has 404 valence electrons. The van der Waals surface area contributed by atoms with E-state index >= 15 is 4.57 Å². The monoisotopic (exact) mass is 1120 g/mol. The summed E-state index contributed by atoms with van der Waals surface area (Å²) in [6.07, 6.45) is 0. The Hall–Kier alpha value is -10.8. The molecule has 0 amide bonds. The second-order valence-electron chi connectivity index (χ2n) is 22.2. The van der Waals surface area contributed by atoms with Crippen molar-refractivity contribution in [3.05, 3.63) is 303 Å². The van der Waals surface area contributed by atoms with E-state index in [0.29, 0.717) is 38.9 Å². The Morgan fingerprint density at radius 1 is 0.326 bits per heavy atom. The van der Waals surface area contributed by atoms with E-state index in [9.17, 15) is 0 Å². The maximum Gasteiger partial charge on any atom is 0.256 e. The van der Waals surface area contributed by atoms with Crippen molar-refractivity contribution in [1.82, 2.24) is 0 Å². The van der Waals surface area contributed by atoms with Crippen molar-refractivity contribution in [1.29, 1.82) is 0 Å². The zero-order valence-electron chi connectivity index (χ0n) is 46.4. The molecule has 8 heteroatoms. The van der Waals surface area contributed by atoms with Gasteiger partial charge in [-0.05, 0) is 135 Å². The molecule has 6 nitrogen and oxygen atoms in total. The van der Waals surface area contributed by atoms with Crippen molar-refractivity contribution in [2.45, 2.75) is 0 Å². The summed E-state index contributed by atoms with van der Waals surface area (Å²) >= 11 is 0. The molecule has 0 bridgehead atoms. The van der Waals surface area contributed by atoms with E-state index in [0.717, 1.165) is 107 Å². The van der Waals surface area contributed by atoms with Gasteiger partial charge in [-0.2, -0.15) is 0 Å². The Labute approximate surface area is 499 Å². The predicted octanol–water partition coefficient (Wildman–Crippen LogP) is 17.7. The Kier molecular flexibility index (Phi) is 11.5. The SMILES string of the molecule is O=P12c3cccc(-c4ccccc4)c3Oc3c(-c4ccccc4)cc(-c4cccc(-c5ccc(N(c6ccccc6)c6ccc7c(c6)Oc6cccc8c6B7c6ccccc6N8c6ccccc6)cc5)c4)c(c31)Oc1c(-c3ccccc3)cccc12. The molecule has 0 spiro atoms. The lowest BCUT2D eigenvalue weighted by atomic mass is 9.34. The molecule has 0 aliphatic carbocycles. The summed E-state index contributed by atoms with van der Waals surface area (Å²) < 4.78 is 39.0. The van der Waals surface area contributed by atoms with Gasteiger partial charge in [0.1, 0.15) is 28.3 Å². The van der Waals surface area contributed by atoms with Gasteiger partial charge in [0.25, 0.3) is 6.71 Å². The normalized spacial score (nSPS) is 14.4. The van der Waals surface area contributed by atoms with Crippen LogP contribution in [0.4, 0.5) is 34.1 Å². The standard InChI is InChI=1S/C78H50BN2O4P/c82-86-71-40-19-34-61(52-22-6-1-7-23-52)74(71)84-76-63(54-26-10-3-11-27-54)50-64(77(78(76)86)85-75-62(35-20-41-72(75)86)53-24-8-2-9-25-53)56-29-18-28-55(48-56)51-42-44-59(45-43-51)80(57-30-12-4-13-31-57)60-46-47-66-70(49-60)83-69-39-21-38-68-73(69)79(66)65-36-16-17-37-67(65)81(68)58-32-14-5-15-33-58/h1-50H. The maximum absolute atomic E-state index is 17.3. The van der Waals surface area contributed by atoms with Crippen LogP contribution in [0.1, 0.15) is 0 Å². The number of hydrogen-bond donors (Lipinski definition) is 0. The van der Waals surface area contributed by atoms with Crippen molar-refractivity contribution in [2.75, 3.05) is 9.80 Å². The van der Waals surface area contributed by atoms with Crippen LogP contribution in [0.15, 0.2) is 303 Å². The Bertz CT molecular complexity index is 4880. The van der Waals surface area contributed by atoms with Gasteiger partial charge in [0, 0.05) is 62.4 Å². The fourth-order valence-corrected chi connectivity index (χ4v) is 16.6. The molecule has 13 aromatic rings. The van der Waals surface area contributed by atoms with Crippen LogP contribution in [0.3, 0.4) is 0 Å². The van der Waals surface area contributed by atoms with Gasteiger partial charge in [0.2, 0.25) is 0 Å². The highest BCUT2D eigenvalue weighted by molar-refractivity contribution is 7.86. The van der Waals surface area contributed by atoms with Crippen molar-refractivity contribution < 1.29 is 18.8 Å². The van der Waals surface area contributed by atoms with Crippen LogP contribution >= 0.6 is 7.14 Å². The van der Waals surface area contributed by atoms with Gasteiger partial charge in [-0.3, -0.25) is 0 Å². The number of hydrogen-bond acceptors (Lipinski definition) is 6. The van der Waals surface area contributed by atoms with Gasteiger partial charge in [0.15, 0.2) is 18.6 Å².